The second kappa shape index (κ2) is 7.47. The molecule has 2 aromatic carbocycles. The summed E-state index contributed by atoms with van der Waals surface area (Å²) in [5.41, 5.74) is 12.3. The largest absolute Gasteiger partial charge is 0.343 e. The number of hydrogen-bond donors (Lipinski definition) is 6. The monoisotopic (exact) mass is 552 g/mol. The van der Waals surface area contributed by atoms with Gasteiger partial charge in [0.1, 0.15) is 51.3 Å². The minimum Gasteiger partial charge on any atom is -0.343 e. The van der Waals surface area contributed by atoms with Crippen molar-refractivity contribution in [1.29, 1.82) is 0 Å². The van der Waals surface area contributed by atoms with Gasteiger partial charge in [-0.2, -0.15) is 0 Å². The smallest absolute Gasteiger partial charge is 0.200 e. The second-order valence-corrected chi connectivity index (χ2v) is 9.39. The number of benzene rings is 2. The van der Waals surface area contributed by atoms with E-state index in [0.29, 0.717) is 61.3 Å². The van der Waals surface area contributed by atoms with E-state index in [9.17, 15) is 0 Å². The van der Waals surface area contributed by atoms with E-state index >= 15 is 0 Å². The third kappa shape index (κ3) is 2.70. The summed E-state index contributed by atoms with van der Waals surface area (Å²) in [4.78, 5) is 71.2. The van der Waals surface area contributed by atoms with E-state index in [-0.39, 0.29) is 0 Å². The van der Waals surface area contributed by atoms with Crippen molar-refractivity contribution in [2.24, 2.45) is 0 Å². The van der Waals surface area contributed by atoms with E-state index in [2.05, 4.69) is 89.7 Å². The van der Waals surface area contributed by atoms with Crippen LogP contribution in [-0.4, -0.2) is 89.7 Å². The number of nitrogens with one attached hydrogen (secondary N) is 6. The van der Waals surface area contributed by atoms with E-state index < -0.39 is 0 Å². The highest BCUT2D eigenvalue weighted by Gasteiger charge is 2.19. The molecule has 0 aliphatic rings. The Morgan fingerprint density at radius 1 is 0.357 bits per heavy atom. The molecule has 9 aromatic heterocycles. The van der Waals surface area contributed by atoms with Crippen molar-refractivity contribution in [3.05, 3.63) is 38.0 Å². The maximum Gasteiger partial charge on any atom is 0.200 e. The van der Waals surface area contributed by atoms with Gasteiger partial charge in [0.15, 0.2) is 33.9 Å². The Morgan fingerprint density at radius 2 is 0.833 bits per heavy atom. The SMILES string of the molecule is c1nc2c3nc[nH]c3c3[nH]cnc3c2[nH]1.c1nc2nc3c4nc5ncnc5nc4c4[nH]c5[nH]cnc5[nH]c4c3nc2n1. The quantitative estimate of drug-likeness (QED) is 0.148. The maximum atomic E-state index is 4.65. The number of H-pyrrole nitrogens is 6. The van der Waals surface area contributed by atoms with Crippen LogP contribution in [0.2, 0.25) is 0 Å². The number of fused-ring (bicyclic) bond motifs is 15. The van der Waals surface area contributed by atoms with Crippen molar-refractivity contribution < 1.29 is 0 Å². The first kappa shape index (κ1) is 21.1. The Hall–Kier alpha value is -6.72. The normalized spacial score (nSPS) is 12.3. The van der Waals surface area contributed by atoms with Crippen LogP contribution >= 0.6 is 0 Å². The Labute approximate surface area is 228 Å². The molecule has 42 heavy (non-hydrogen) atoms. The first-order valence-electron chi connectivity index (χ1n) is 12.5. The summed E-state index contributed by atoms with van der Waals surface area (Å²) < 4.78 is 0. The van der Waals surface area contributed by atoms with E-state index in [4.69, 9.17) is 0 Å². The van der Waals surface area contributed by atoms with Crippen LogP contribution in [0.4, 0.5) is 0 Å². The number of nitrogens with zero attached hydrogens (tertiary/aromatic N) is 12. The second-order valence-electron chi connectivity index (χ2n) is 9.39. The van der Waals surface area contributed by atoms with Gasteiger partial charge in [-0.3, -0.25) is 0 Å². The van der Waals surface area contributed by atoms with Gasteiger partial charge in [-0.1, -0.05) is 0 Å². The van der Waals surface area contributed by atoms with Crippen LogP contribution in [-0.2, 0) is 0 Å². The van der Waals surface area contributed by atoms with Crippen molar-refractivity contribution in [3.8, 4) is 0 Å². The molecule has 0 unspecified atom stereocenters. The van der Waals surface area contributed by atoms with Gasteiger partial charge in [-0.25, -0.2) is 59.8 Å². The van der Waals surface area contributed by atoms with Gasteiger partial charge >= 0.3 is 0 Å². The standard InChI is InChI=1S/C15H6N12.C9H6N6/c1-16-10-11(17-1)23-5-4(22-10)6-8(26-14-12(24-6)18-2-20-14)9-7(5)25-13-15(27-9)21-3-19-13;1-10-4-5(11-1)7-9(15-3-13-7)8-6(4)12-2-14-8/h1-3,22-23H,(H,16,17);1-3H,(H,10,11)(H,12,14)(H,13,15). The summed E-state index contributed by atoms with van der Waals surface area (Å²) in [6, 6.07) is 0. The van der Waals surface area contributed by atoms with Crippen LogP contribution in [0.5, 0.6) is 0 Å². The lowest BCUT2D eigenvalue weighted by atomic mass is 10.2. The Kier molecular flexibility index (Phi) is 3.76. The Morgan fingerprint density at radius 3 is 1.48 bits per heavy atom. The minimum atomic E-state index is 0.448. The molecular weight excluding hydrogens is 540 g/mol. The van der Waals surface area contributed by atoms with Crippen molar-refractivity contribution in [1.82, 2.24) is 89.7 Å². The molecule has 11 aromatic rings. The molecule has 6 N–H and O–H groups in total. The van der Waals surface area contributed by atoms with Gasteiger partial charge in [0.2, 0.25) is 0 Å². The molecular formula is C24H12N18. The number of imidazole rings is 6. The molecule has 0 aliphatic heterocycles. The van der Waals surface area contributed by atoms with Gasteiger partial charge < -0.3 is 29.9 Å². The molecule has 18 heteroatoms. The molecule has 0 aliphatic carbocycles. The summed E-state index contributed by atoms with van der Waals surface area (Å²) in [5.74, 6) is 0. The molecule has 0 radical (unpaired) electrons. The zero-order valence-electron chi connectivity index (χ0n) is 20.8. The fourth-order valence-electron chi connectivity index (χ4n) is 5.34. The third-order valence-electron chi connectivity index (χ3n) is 7.15. The van der Waals surface area contributed by atoms with Crippen LogP contribution in [0.1, 0.15) is 0 Å². The Balaban J connectivity index is 0.000000133. The first-order valence-corrected chi connectivity index (χ1v) is 12.5. The van der Waals surface area contributed by atoms with Crippen molar-refractivity contribution in [3.63, 3.8) is 0 Å². The first-order chi connectivity index (χ1) is 20.8. The maximum absolute atomic E-state index is 4.65. The van der Waals surface area contributed by atoms with Gasteiger partial charge in [0.05, 0.1) is 52.9 Å². The lowest BCUT2D eigenvalue weighted by Gasteiger charge is -2.08. The molecule has 0 saturated heterocycles. The molecule has 0 spiro atoms. The average Bonchev–Trinajstić information content (AvgIpc) is 3.86. The van der Waals surface area contributed by atoms with Gasteiger partial charge in [0, 0.05) is 0 Å². The summed E-state index contributed by atoms with van der Waals surface area (Å²) >= 11 is 0. The van der Waals surface area contributed by atoms with E-state index in [1.807, 2.05) is 0 Å². The van der Waals surface area contributed by atoms with Gasteiger partial charge in [0.25, 0.3) is 0 Å². The molecule has 9 heterocycles. The molecule has 18 nitrogen and oxygen atoms in total. The highest BCUT2D eigenvalue weighted by atomic mass is 15.1. The highest BCUT2D eigenvalue weighted by Crippen LogP contribution is 2.31. The van der Waals surface area contributed by atoms with Crippen LogP contribution in [0.15, 0.2) is 38.0 Å². The molecule has 0 atom stereocenters. The lowest BCUT2D eigenvalue weighted by molar-refractivity contribution is 1.29. The van der Waals surface area contributed by atoms with E-state index in [1.165, 1.54) is 12.7 Å². The van der Waals surface area contributed by atoms with Crippen molar-refractivity contribution in [2.75, 3.05) is 0 Å². The van der Waals surface area contributed by atoms with Gasteiger partial charge in [-0.15, -0.1) is 0 Å². The summed E-state index contributed by atoms with van der Waals surface area (Å²) in [7, 11) is 0. The number of aromatic amines is 6. The number of rotatable bonds is 0. The summed E-state index contributed by atoms with van der Waals surface area (Å²) in [6.07, 6.45) is 9.46. The fourth-order valence-corrected chi connectivity index (χ4v) is 5.34. The zero-order chi connectivity index (χ0) is 27.4. The number of aromatic nitrogens is 18. The molecule has 0 bridgehead atoms. The molecule has 0 saturated carbocycles. The lowest BCUT2D eigenvalue weighted by Crippen LogP contribution is -1.98. The molecule has 198 valence electrons. The summed E-state index contributed by atoms with van der Waals surface area (Å²) in [6.45, 7) is 0. The van der Waals surface area contributed by atoms with E-state index in [0.717, 1.165) is 38.7 Å². The predicted octanol–water partition coefficient (Wildman–Crippen LogP) is 2.46. The molecule has 0 amide bonds. The highest BCUT2D eigenvalue weighted by molar-refractivity contribution is 6.20. The van der Waals surface area contributed by atoms with Crippen LogP contribution < -0.4 is 0 Å². The van der Waals surface area contributed by atoms with Crippen LogP contribution in [0.25, 0.3) is 100 Å². The van der Waals surface area contributed by atoms with Crippen LogP contribution in [0, 0.1) is 0 Å². The van der Waals surface area contributed by atoms with Crippen molar-refractivity contribution >= 4 is 100 Å². The molecule has 0 fully saturated rings. The van der Waals surface area contributed by atoms with Gasteiger partial charge in [-0.05, 0) is 0 Å². The fraction of sp³-hybridized carbons (Fsp3) is 0. The van der Waals surface area contributed by atoms with Crippen molar-refractivity contribution in [2.45, 2.75) is 0 Å². The van der Waals surface area contributed by atoms with Crippen LogP contribution in [0.3, 0.4) is 0 Å². The minimum absolute atomic E-state index is 0.448. The number of hydrogen-bond acceptors (Lipinski definition) is 12. The third-order valence-corrected chi connectivity index (χ3v) is 7.15. The van der Waals surface area contributed by atoms with E-state index in [1.54, 1.807) is 25.3 Å². The summed E-state index contributed by atoms with van der Waals surface area (Å²) in [5, 5.41) is 0. The average molecular weight is 552 g/mol. The predicted molar refractivity (Wildman–Crippen MR) is 150 cm³/mol. The zero-order valence-corrected chi connectivity index (χ0v) is 20.8. The molecule has 11 rings (SSSR count). The topological polar surface area (TPSA) is 249 Å². The Bertz CT molecular complexity index is 2280.